The molecular weight excluding hydrogens is 266 g/mol. The number of benzene rings is 2. The molecule has 0 aliphatic heterocycles. The molecule has 0 bridgehead atoms. The summed E-state index contributed by atoms with van der Waals surface area (Å²) < 4.78 is 5.16. The van der Waals surface area contributed by atoms with Gasteiger partial charge in [0.2, 0.25) is 0 Å². The molecule has 2 N–H and O–H groups in total. The Kier molecular flexibility index (Phi) is 5.10. The van der Waals surface area contributed by atoms with Crippen molar-refractivity contribution in [3.63, 3.8) is 0 Å². The Hall–Kier alpha value is -1.45. The van der Waals surface area contributed by atoms with E-state index >= 15 is 0 Å². The highest BCUT2D eigenvalue weighted by Crippen LogP contribution is 2.27. The van der Waals surface area contributed by atoms with E-state index in [1.54, 1.807) is 7.11 Å². The quantitative estimate of drug-likeness (QED) is 0.841. The summed E-state index contributed by atoms with van der Waals surface area (Å²) in [5, 5.41) is 0. The zero-order valence-corrected chi connectivity index (χ0v) is 13.0. The topological polar surface area (TPSA) is 35.2 Å². The Balaban J connectivity index is 1.98. The maximum absolute atomic E-state index is 6.25. The molecule has 0 saturated carbocycles. The van der Waals surface area contributed by atoms with Crippen molar-refractivity contribution in [3.05, 3.63) is 59.2 Å². The van der Waals surface area contributed by atoms with Crippen LogP contribution in [0.25, 0.3) is 0 Å². The van der Waals surface area contributed by atoms with E-state index in [1.165, 1.54) is 16.0 Å². The molecule has 106 valence electrons. The van der Waals surface area contributed by atoms with E-state index < -0.39 is 0 Å². The molecule has 2 rings (SSSR count). The lowest BCUT2D eigenvalue weighted by molar-refractivity contribution is 0.414. The molecule has 3 heteroatoms. The standard InChI is InChI=1S/C17H21NOS/c1-12-4-9-17(13(2)10-12)20-11-16(18)14-5-7-15(19-3)8-6-14/h4-10,16H,11,18H2,1-3H3. The van der Waals surface area contributed by atoms with Crippen LogP contribution >= 0.6 is 11.8 Å². The van der Waals surface area contributed by atoms with Crippen molar-refractivity contribution in [1.29, 1.82) is 0 Å². The predicted octanol–water partition coefficient (Wildman–Crippen LogP) is 4.10. The minimum atomic E-state index is 0.0339. The number of methoxy groups -OCH3 is 1. The molecule has 2 aromatic carbocycles. The Bertz CT molecular complexity index is 566. The van der Waals surface area contributed by atoms with Crippen molar-refractivity contribution in [2.45, 2.75) is 24.8 Å². The highest BCUT2D eigenvalue weighted by atomic mass is 32.2. The van der Waals surface area contributed by atoms with Gasteiger partial charge in [-0.1, -0.05) is 29.8 Å². The average Bonchev–Trinajstić information content (AvgIpc) is 2.46. The van der Waals surface area contributed by atoms with Gasteiger partial charge in [0.1, 0.15) is 5.75 Å². The molecule has 2 nitrogen and oxygen atoms in total. The molecular formula is C17H21NOS. The minimum absolute atomic E-state index is 0.0339. The van der Waals surface area contributed by atoms with Crippen LogP contribution in [0.4, 0.5) is 0 Å². The zero-order valence-electron chi connectivity index (χ0n) is 12.2. The van der Waals surface area contributed by atoms with Gasteiger partial charge < -0.3 is 10.5 Å². The third-order valence-corrected chi connectivity index (χ3v) is 4.59. The number of hydrogen-bond acceptors (Lipinski definition) is 3. The number of thioether (sulfide) groups is 1. The number of rotatable bonds is 5. The van der Waals surface area contributed by atoms with Crippen molar-refractivity contribution < 1.29 is 4.74 Å². The van der Waals surface area contributed by atoms with Crippen LogP contribution in [0.1, 0.15) is 22.7 Å². The minimum Gasteiger partial charge on any atom is -0.497 e. The lowest BCUT2D eigenvalue weighted by Crippen LogP contribution is -2.12. The molecule has 1 atom stereocenters. The monoisotopic (exact) mass is 287 g/mol. The Labute approximate surface area is 125 Å². The Morgan fingerprint density at radius 3 is 2.40 bits per heavy atom. The van der Waals surface area contributed by atoms with Crippen LogP contribution in [0.5, 0.6) is 5.75 Å². The van der Waals surface area contributed by atoms with E-state index in [4.69, 9.17) is 10.5 Å². The van der Waals surface area contributed by atoms with Crippen molar-refractivity contribution in [3.8, 4) is 5.75 Å². The molecule has 0 heterocycles. The van der Waals surface area contributed by atoms with Crippen LogP contribution in [-0.4, -0.2) is 12.9 Å². The van der Waals surface area contributed by atoms with Gasteiger partial charge in [-0.15, -0.1) is 11.8 Å². The first kappa shape index (κ1) is 14.9. The fourth-order valence-corrected chi connectivity index (χ4v) is 3.09. The van der Waals surface area contributed by atoms with Crippen molar-refractivity contribution in [2.75, 3.05) is 12.9 Å². The van der Waals surface area contributed by atoms with Gasteiger partial charge in [0, 0.05) is 16.7 Å². The van der Waals surface area contributed by atoms with Gasteiger partial charge in [-0.3, -0.25) is 0 Å². The predicted molar refractivity (Wildman–Crippen MR) is 86.6 cm³/mol. The molecule has 2 aromatic rings. The molecule has 1 unspecified atom stereocenters. The van der Waals surface area contributed by atoms with Crippen LogP contribution in [0.15, 0.2) is 47.4 Å². The molecule has 20 heavy (non-hydrogen) atoms. The number of aryl methyl sites for hydroxylation is 2. The normalized spacial score (nSPS) is 12.2. The lowest BCUT2D eigenvalue weighted by Gasteiger charge is -2.13. The van der Waals surface area contributed by atoms with Crippen LogP contribution in [0.3, 0.4) is 0 Å². The van der Waals surface area contributed by atoms with E-state index in [-0.39, 0.29) is 6.04 Å². The second-order valence-corrected chi connectivity index (χ2v) is 6.02. The molecule has 0 aromatic heterocycles. The molecule has 0 saturated heterocycles. The van der Waals surface area contributed by atoms with Gasteiger partial charge in [0.15, 0.2) is 0 Å². The van der Waals surface area contributed by atoms with Gasteiger partial charge in [-0.2, -0.15) is 0 Å². The Morgan fingerprint density at radius 1 is 1.10 bits per heavy atom. The maximum Gasteiger partial charge on any atom is 0.118 e. The van der Waals surface area contributed by atoms with E-state index in [0.717, 1.165) is 17.1 Å². The summed E-state index contributed by atoms with van der Waals surface area (Å²) in [6.07, 6.45) is 0. The summed E-state index contributed by atoms with van der Waals surface area (Å²) in [7, 11) is 1.67. The van der Waals surface area contributed by atoms with E-state index in [2.05, 4.69) is 32.0 Å². The van der Waals surface area contributed by atoms with Crippen LogP contribution in [-0.2, 0) is 0 Å². The van der Waals surface area contributed by atoms with Gasteiger partial charge in [0.05, 0.1) is 7.11 Å². The summed E-state index contributed by atoms with van der Waals surface area (Å²) in [6.45, 7) is 4.26. The van der Waals surface area contributed by atoms with E-state index in [1.807, 2.05) is 36.0 Å². The number of hydrogen-bond donors (Lipinski definition) is 1. The van der Waals surface area contributed by atoms with Gasteiger partial charge in [0.25, 0.3) is 0 Å². The summed E-state index contributed by atoms with van der Waals surface area (Å²) in [4.78, 5) is 1.31. The number of nitrogens with two attached hydrogens (primary N) is 1. The zero-order chi connectivity index (χ0) is 14.5. The van der Waals surface area contributed by atoms with Gasteiger partial charge >= 0.3 is 0 Å². The fraction of sp³-hybridized carbons (Fsp3) is 0.294. The molecule has 0 aliphatic carbocycles. The van der Waals surface area contributed by atoms with Gasteiger partial charge in [-0.25, -0.2) is 0 Å². The summed E-state index contributed by atoms with van der Waals surface area (Å²) in [5.41, 5.74) is 10.0. The second-order valence-electron chi connectivity index (χ2n) is 4.96. The first-order valence-corrected chi connectivity index (χ1v) is 7.68. The highest BCUT2D eigenvalue weighted by molar-refractivity contribution is 7.99. The summed E-state index contributed by atoms with van der Waals surface area (Å²) >= 11 is 1.81. The third-order valence-electron chi connectivity index (χ3n) is 3.29. The molecule has 0 spiro atoms. The lowest BCUT2D eigenvalue weighted by atomic mass is 10.1. The van der Waals surface area contributed by atoms with Gasteiger partial charge in [-0.05, 0) is 43.2 Å². The molecule has 0 aliphatic rings. The van der Waals surface area contributed by atoms with Crippen molar-refractivity contribution in [2.24, 2.45) is 5.73 Å². The van der Waals surface area contributed by atoms with Crippen molar-refractivity contribution >= 4 is 11.8 Å². The fourth-order valence-electron chi connectivity index (χ4n) is 2.09. The van der Waals surface area contributed by atoms with Crippen LogP contribution < -0.4 is 10.5 Å². The average molecular weight is 287 g/mol. The Morgan fingerprint density at radius 2 is 1.80 bits per heavy atom. The van der Waals surface area contributed by atoms with E-state index in [0.29, 0.717) is 0 Å². The first-order valence-electron chi connectivity index (χ1n) is 6.69. The third kappa shape index (κ3) is 3.78. The highest BCUT2D eigenvalue weighted by Gasteiger charge is 2.08. The van der Waals surface area contributed by atoms with Crippen LogP contribution in [0.2, 0.25) is 0 Å². The SMILES string of the molecule is COc1ccc(C(N)CSc2ccc(C)cc2C)cc1. The summed E-state index contributed by atoms with van der Waals surface area (Å²) in [6, 6.07) is 14.5. The molecule has 0 fully saturated rings. The van der Waals surface area contributed by atoms with E-state index in [9.17, 15) is 0 Å². The largest absolute Gasteiger partial charge is 0.497 e. The second kappa shape index (κ2) is 6.82. The molecule has 0 radical (unpaired) electrons. The van der Waals surface area contributed by atoms with Crippen molar-refractivity contribution in [1.82, 2.24) is 0 Å². The summed E-state index contributed by atoms with van der Waals surface area (Å²) in [5.74, 6) is 1.74. The maximum atomic E-state index is 6.25. The van der Waals surface area contributed by atoms with Crippen LogP contribution in [0, 0.1) is 13.8 Å². The molecule has 0 amide bonds. The first-order chi connectivity index (χ1) is 9.60. The smallest absolute Gasteiger partial charge is 0.118 e. The number of ether oxygens (including phenoxy) is 1.